The predicted octanol–water partition coefficient (Wildman–Crippen LogP) is 2.24. The largest absolute Gasteiger partial charge is 0.303 e. The molecule has 2 rings (SSSR count). The van der Waals surface area contributed by atoms with Gasteiger partial charge in [0.2, 0.25) is 0 Å². The molecular weight excluding hydrogens is 254 g/mol. The molecule has 0 aliphatic carbocycles. The molecule has 1 aliphatic rings. The van der Waals surface area contributed by atoms with Crippen LogP contribution in [-0.4, -0.2) is 24.0 Å². The summed E-state index contributed by atoms with van der Waals surface area (Å²) in [5, 5.41) is 0.384. The van der Waals surface area contributed by atoms with E-state index in [1.54, 1.807) is 18.2 Å². The summed E-state index contributed by atoms with van der Waals surface area (Å²) in [5.41, 5.74) is 0.813. The number of fused-ring (bicyclic) bond motifs is 1. The lowest BCUT2D eigenvalue weighted by Gasteiger charge is -2.16. The maximum absolute atomic E-state index is 11.8. The third-order valence-electron chi connectivity index (χ3n) is 2.85. The number of carbonyl (C=O) groups excluding carboxylic acids is 3. The minimum Gasteiger partial charge on any atom is -0.303 e. The average Bonchev–Trinajstić information content (AvgIpc) is 2.55. The second-order valence-corrected chi connectivity index (χ2v) is 4.63. The van der Waals surface area contributed by atoms with Gasteiger partial charge in [-0.1, -0.05) is 17.7 Å². The highest BCUT2D eigenvalue weighted by molar-refractivity contribution is 6.54. The van der Waals surface area contributed by atoms with Crippen LogP contribution >= 0.6 is 11.6 Å². The molecule has 1 aliphatic heterocycles. The number of nitrogens with zero attached hydrogens (tertiary/aromatic N) is 1. The third kappa shape index (κ3) is 2.16. The van der Waals surface area contributed by atoms with E-state index in [0.29, 0.717) is 35.7 Å². The smallest absolute Gasteiger partial charge is 0.299 e. The molecule has 1 aromatic rings. The number of halogens is 1. The molecule has 18 heavy (non-hydrogen) atoms. The number of anilines is 1. The van der Waals surface area contributed by atoms with Crippen LogP contribution in [0, 0.1) is 0 Å². The minimum atomic E-state index is -0.568. The van der Waals surface area contributed by atoms with Crippen LogP contribution in [0.2, 0.25) is 5.02 Å². The monoisotopic (exact) mass is 265 g/mol. The Morgan fingerprint density at radius 1 is 1.33 bits per heavy atom. The van der Waals surface area contributed by atoms with Gasteiger partial charge in [-0.2, -0.15) is 0 Å². The van der Waals surface area contributed by atoms with Gasteiger partial charge in [0, 0.05) is 13.0 Å². The molecule has 0 fully saturated rings. The number of hydrogen-bond acceptors (Lipinski definition) is 3. The van der Waals surface area contributed by atoms with Gasteiger partial charge in [0.25, 0.3) is 11.7 Å². The van der Waals surface area contributed by atoms with Crippen LogP contribution in [-0.2, 0) is 9.59 Å². The van der Waals surface area contributed by atoms with E-state index in [4.69, 9.17) is 11.6 Å². The van der Waals surface area contributed by atoms with E-state index in [1.165, 1.54) is 11.8 Å². The molecule has 0 N–H and O–H groups in total. The first-order valence-electron chi connectivity index (χ1n) is 5.66. The highest BCUT2D eigenvalue weighted by atomic mass is 35.5. The third-order valence-corrected chi connectivity index (χ3v) is 3.16. The lowest BCUT2D eigenvalue weighted by Crippen LogP contribution is -2.31. The van der Waals surface area contributed by atoms with Crippen molar-refractivity contribution < 1.29 is 14.4 Å². The molecule has 0 radical (unpaired) electrons. The summed E-state index contributed by atoms with van der Waals surface area (Å²) in [7, 11) is 0. The van der Waals surface area contributed by atoms with Gasteiger partial charge in [-0.25, -0.2) is 0 Å². The lowest BCUT2D eigenvalue weighted by atomic mass is 10.1. The number of carbonyl (C=O) groups is 3. The average molecular weight is 266 g/mol. The molecule has 1 heterocycles. The summed E-state index contributed by atoms with van der Waals surface area (Å²) < 4.78 is 0. The highest BCUT2D eigenvalue weighted by Gasteiger charge is 2.36. The molecular formula is C13H12ClNO3. The molecule has 4 nitrogen and oxygen atoms in total. The van der Waals surface area contributed by atoms with Crippen LogP contribution in [0.5, 0.6) is 0 Å². The molecule has 94 valence electrons. The van der Waals surface area contributed by atoms with Crippen LogP contribution < -0.4 is 4.90 Å². The maximum Gasteiger partial charge on any atom is 0.299 e. The summed E-state index contributed by atoms with van der Waals surface area (Å²) in [5.74, 6) is -1.04. The number of hydrogen-bond donors (Lipinski definition) is 0. The topological polar surface area (TPSA) is 54.5 Å². The number of rotatable bonds is 4. The van der Waals surface area contributed by atoms with Gasteiger partial charge < -0.3 is 9.69 Å². The fourth-order valence-electron chi connectivity index (χ4n) is 2.01. The van der Waals surface area contributed by atoms with Gasteiger partial charge in [-0.15, -0.1) is 0 Å². The molecule has 0 atom stereocenters. The fourth-order valence-corrected chi connectivity index (χ4v) is 2.29. The molecule has 0 unspecified atom stereocenters. The molecule has 0 bridgehead atoms. The Balaban J connectivity index is 2.25. The Morgan fingerprint density at radius 2 is 2.06 bits per heavy atom. The second-order valence-electron chi connectivity index (χ2n) is 4.23. The van der Waals surface area contributed by atoms with Gasteiger partial charge in [0.15, 0.2) is 0 Å². The van der Waals surface area contributed by atoms with E-state index in [9.17, 15) is 14.4 Å². The number of para-hydroxylation sites is 1. The Bertz CT molecular complexity index is 539. The zero-order valence-corrected chi connectivity index (χ0v) is 10.7. The van der Waals surface area contributed by atoms with Crippen LogP contribution in [0.3, 0.4) is 0 Å². The Hall–Kier alpha value is -1.68. The Morgan fingerprint density at radius 3 is 2.72 bits per heavy atom. The normalized spacial score (nSPS) is 14.0. The van der Waals surface area contributed by atoms with Gasteiger partial charge in [-0.05, 0) is 25.5 Å². The van der Waals surface area contributed by atoms with Gasteiger partial charge in [0.1, 0.15) is 5.78 Å². The summed E-state index contributed by atoms with van der Waals surface area (Å²) >= 11 is 6.02. The summed E-state index contributed by atoms with van der Waals surface area (Å²) in [6, 6.07) is 4.88. The molecule has 0 spiro atoms. The maximum atomic E-state index is 11.8. The number of ketones is 2. The van der Waals surface area contributed by atoms with Crippen molar-refractivity contribution in [1.29, 1.82) is 0 Å². The molecule has 1 amide bonds. The van der Waals surface area contributed by atoms with Crippen LogP contribution in [0.1, 0.15) is 30.1 Å². The first kappa shape index (κ1) is 12.8. The minimum absolute atomic E-state index is 0.0624. The summed E-state index contributed by atoms with van der Waals surface area (Å²) in [4.78, 5) is 35.8. The summed E-state index contributed by atoms with van der Waals surface area (Å²) in [6.45, 7) is 1.83. The van der Waals surface area contributed by atoms with Crippen LogP contribution in [0.4, 0.5) is 5.69 Å². The van der Waals surface area contributed by atoms with Crippen molar-refractivity contribution in [1.82, 2.24) is 0 Å². The van der Waals surface area contributed by atoms with Gasteiger partial charge in [-0.3, -0.25) is 9.59 Å². The number of Topliss-reactive ketones (excluding diaryl/α,β-unsaturated/α-hetero) is 2. The van der Waals surface area contributed by atoms with Gasteiger partial charge in [0.05, 0.1) is 16.3 Å². The van der Waals surface area contributed by atoms with Crippen molar-refractivity contribution in [2.75, 3.05) is 11.4 Å². The lowest BCUT2D eigenvalue weighted by molar-refractivity contribution is -0.117. The van der Waals surface area contributed by atoms with E-state index in [0.717, 1.165) is 0 Å². The zero-order valence-electron chi connectivity index (χ0n) is 9.90. The van der Waals surface area contributed by atoms with Crippen molar-refractivity contribution >= 4 is 34.8 Å². The van der Waals surface area contributed by atoms with E-state index in [1.807, 2.05) is 0 Å². The molecule has 0 saturated carbocycles. The standard InChI is InChI=1S/C13H12ClNO3/c1-8(16)4-3-7-15-11-9(12(17)13(15)18)5-2-6-10(11)14/h2,5-6H,3-4,7H2,1H3. The van der Waals surface area contributed by atoms with Crippen molar-refractivity contribution in [3.8, 4) is 0 Å². The first-order chi connectivity index (χ1) is 8.52. The van der Waals surface area contributed by atoms with E-state index in [-0.39, 0.29) is 5.78 Å². The van der Waals surface area contributed by atoms with Crippen molar-refractivity contribution in [3.63, 3.8) is 0 Å². The van der Waals surface area contributed by atoms with Crippen molar-refractivity contribution in [3.05, 3.63) is 28.8 Å². The quantitative estimate of drug-likeness (QED) is 0.785. The van der Waals surface area contributed by atoms with Crippen LogP contribution in [0.15, 0.2) is 18.2 Å². The van der Waals surface area contributed by atoms with Crippen LogP contribution in [0.25, 0.3) is 0 Å². The van der Waals surface area contributed by atoms with Crippen molar-refractivity contribution in [2.24, 2.45) is 0 Å². The van der Waals surface area contributed by atoms with E-state index in [2.05, 4.69) is 0 Å². The second kappa shape index (κ2) is 4.90. The highest BCUT2D eigenvalue weighted by Crippen LogP contribution is 2.35. The van der Waals surface area contributed by atoms with E-state index >= 15 is 0 Å². The SMILES string of the molecule is CC(=O)CCCN1C(=O)C(=O)c2cccc(Cl)c21. The van der Waals surface area contributed by atoms with Gasteiger partial charge >= 0.3 is 0 Å². The predicted molar refractivity (Wildman–Crippen MR) is 68.1 cm³/mol. The first-order valence-corrected chi connectivity index (χ1v) is 6.04. The zero-order chi connectivity index (χ0) is 13.3. The molecule has 0 aromatic heterocycles. The fraction of sp³-hybridized carbons (Fsp3) is 0.308. The Labute approximate surface area is 110 Å². The number of benzene rings is 1. The van der Waals surface area contributed by atoms with E-state index < -0.39 is 11.7 Å². The molecule has 5 heteroatoms. The molecule has 1 aromatic carbocycles. The Kier molecular flexibility index (Phi) is 3.48. The van der Waals surface area contributed by atoms with Crippen molar-refractivity contribution in [2.45, 2.75) is 19.8 Å². The summed E-state index contributed by atoms with van der Waals surface area (Å²) in [6.07, 6.45) is 0.913. The number of amides is 1. The molecule has 0 saturated heterocycles.